The SMILES string of the molecule is Cc1ccc(C=CCNC(=O)OC(C)(C)C)c2ccccc12. The molecule has 1 N–H and O–H groups in total. The lowest BCUT2D eigenvalue weighted by Crippen LogP contribution is -2.32. The van der Waals surface area contributed by atoms with Gasteiger partial charge in [0.15, 0.2) is 0 Å². The van der Waals surface area contributed by atoms with Crippen molar-refractivity contribution in [2.45, 2.75) is 33.3 Å². The van der Waals surface area contributed by atoms with Gasteiger partial charge in [-0.25, -0.2) is 4.79 Å². The van der Waals surface area contributed by atoms with E-state index in [0.29, 0.717) is 6.54 Å². The first-order valence-corrected chi connectivity index (χ1v) is 7.48. The van der Waals surface area contributed by atoms with Gasteiger partial charge in [0.05, 0.1) is 0 Å². The van der Waals surface area contributed by atoms with Crippen LogP contribution < -0.4 is 5.32 Å². The molecule has 0 saturated carbocycles. The van der Waals surface area contributed by atoms with Crippen molar-refractivity contribution in [2.24, 2.45) is 0 Å². The highest BCUT2D eigenvalue weighted by Gasteiger charge is 2.14. The van der Waals surface area contributed by atoms with Crippen molar-refractivity contribution in [3.05, 3.63) is 53.6 Å². The summed E-state index contributed by atoms with van der Waals surface area (Å²) >= 11 is 0. The molecule has 0 fully saturated rings. The Morgan fingerprint density at radius 1 is 1.14 bits per heavy atom. The van der Waals surface area contributed by atoms with E-state index >= 15 is 0 Å². The number of benzene rings is 2. The summed E-state index contributed by atoms with van der Waals surface area (Å²) in [5.41, 5.74) is 1.94. The van der Waals surface area contributed by atoms with E-state index in [9.17, 15) is 4.79 Å². The van der Waals surface area contributed by atoms with Crippen LogP contribution in [0, 0.1) is 6.92 Å². The maximum absolute atomic E-state index is 11.6. The zero-order valence-corrected chi connectivity index (χ0v) is 13.6. The van der Waals surface area contributed by atoms with E-state index in [2.05, 4.69) is 36.5 Å². The van der Waals surface area contributed by atoms with Gasteiger partial charge < -0.3 is 10.1 Å². The van der Waals surface area contributed by atoms with E-state index in [1.54, 1.807) is 0 Å². The Bertz CT molecular complexity index is 696. The monoisotopic (exact) mass is 297 g/mol. The molecule has 116 valence electrons. The molecule has 0 unspecified atom stereocenters. The molecule has 3 nitrogen and oxygen atoms in total. The van der Waals surface area contributed by atoms with Crippen molar-refractivity contribution >= 4 is 22.9 Å². The number of carbonyl (C=O) groups is 1. The van der Waals surface area contributed by atoms with E-state index < -0.39 is 11.7 Å². The number of amides is 1. The molecular weight excluding hydrogens is 274 g/mol. The molecule has 0 aliphatic rings. The van der Waals surface area contributed by atoms with Crippen LogP contribution in [0.2, 0.25) is 0 Å². The minimum atomic E-state index is -0.471. The third-order valence-corrected chi connectivity index (χ3v) is 3.24. The highest BCUT2D eigenvalue weighted by atomic mass is 16.6. The predicted octanol–water partition coefficient (Wildman–Crippen LogP) is 4.69. The number of carbonyl (C=O) groups excluding carboxylic acids is 1. The lowest BCUT2D eigenvalue weighted by atomic mass is 10.00. The highest BCUT2D eigenvalue weighted by molar-refractivity contribution is 5.92. The maximum Gasteiger partial charge on any atom is 0.407 e. The second kappa shape index (κ2) is 6.65. The maximum atomic E-state index is 11.6. The van der Waals surface area contributed by atoms with Crippen LogP contribution in [0.1, 0.15) is 31.9 Å². The van der Waals surface area contributed by atoms with Gasteiger partial charge in [-0.2, -0.15) is 0 Å². The van der Waals surface area contributed by atoms with E-state index in [0.717, 1.165) is 5.56 Å². The third-order valence-electron chi connectivity index (χ3n) is 3.24. The summed E-state index contributed by atoms with van der Waals surface area (Å²) in [5, 5.41) is 5.19. The van der Waals surface area contributed by atoms with Gasteiger partial charge in [-0.1, -0.05) is 48.6 Å². The van der Waals surface area contributed by atoms with E-state index in [1.165, 1.54) is 16.3 Å². The third kappa shape index (κ3) is 4.35. The number of fused-ring (bicyclic) bond motifs is 1. The zero-order chi connectivity index (χ0) is 16.2. The van der Waals surface area contributed by atoms with Crippen LogP contribution in [0.15, 0.2) is 42.5 Å². The molecule has 0 heterocycles. The number of nitrogens with one attached hydrogen (secondary N) is 1. The Balaban J connectivity index is 2.03. The lowest BCUT2D eigenvalue weighted by molar-refractivity contribution is 0.0534. The number of hydrogen-bond donors (Lipinski definition) is 1. The smallest absolute Gasteiger partial charge is 0.407 e. The van der Waals surface area contributed by atoms with Crippen molar-refractivity contribution in [3.63, 3.8) is 0 Å². The van der Waals surface area contributed by atoms with E-state index in [-0.39, 0.29) is 0 Å². The molecule has 0 saturated heterocycles. The summed E-state index contributed by atoms with van der Waals surface area (Å²) in [5.74, 6) is 0. The van der Waals surface area contributed by atoms with Crippen LogP contribution in [-0.2, 0) is 4.74 Å². The van der Waals surface area contributed by atoms with Crippen molar-refractivity contribution < 1.29 is 9.53 Å². The number of ether oxygens (including phenoxy) is 1. The molecule has 3 heteroatoms. The van der Waals surface area contributed by atoms with E-state index in [1.807, 2.05) is 45.1 Å². The van der Waals surface area contributed by atoms with Gasteiger partial charge in [-0.3, -0.25) is 0 Å². The molecular formula is C19H23NO2. The number of alkyl carbamates (subject to hydrolysis) is 1. The Morgan fingerprint density at radius 3 is 2.50 bits per heavy atom. The van der Waals surface area contributed by atoms with Gasteiger partial charge in [0.2, 0.25) is 0 Å². The molecule has 0 aliphatic carbocycles. The largest absolute Gasteiger partial charge is 0.444 e. The molecule has 2 rings (SSSR count). The summed E-state index contributed by atoms with van der Waals surface area (Å²) in [6, 6.07) is 12.5. The molecule has 1 amide bonds. The summed E-state index contributed by atoms with van der Waals surface area (Å²) in [6.45, 7) is 8.10. The van der Waals surface area contributed by atoms with Crippen molar-refractivity contribution in [1.29, 1.82) is 0 Å². The van der Waals surface area contributed by atoms with Crippen LogP contribution in [0.5, 0.6) is 0 Å². The molecule has 0 spiro atoms. The molecule has 2 aromatic rings. The van der Waals surface area contributed by atoms with Crippen LogP contribution >= 0.6 is 0 Å². The van der Waals surface area contributed by atoms with Crippen LogP contribution in [0.25, 0.3) is 16.8 Å². The number of aryl methyl sites for hydroxylation is 1. The van der Waals surface area contributed by atoms with E-state index in [4.69, 9.17) is 4.74 Å². The first kappa shape index (κ1) is 16.1. The van der Waals surface area contributed by atoms with Crippen molar-refractivity contribution in [2.75, 3.05) is 6.54 Å². The normalized spacial score (nSPS) is 11.8. The predicted molar refractivity (Wildman–Crippen MR) is 92.0 cm³/mol. The second-order valence-corrected chi connectivity index (χ2v) is 6.30. The summed E-state index contributed by atoms with van der Waals surface area (Å²) in [4.78, 5) is 11.6. The van der Waals surface area contributed by atoms with Gasteiger partial charge >= 0.3 is 6.09 Å². The Labute approximate surface area is 132 Å². The average molecular weight is 297 g/mol. The number of hydrogen-bond acceptors (Lipinski definition) is 2. The number of rotatable bonds is 3. The van der Waals surface area contributed by atoms with Crippen LogP contribution in [0.4, 0.5) is 4.79 Å². The minimum absolute atomic E-state index is 0.397. The van der Waals surface area contributed by atoms with Crippen molar-refractivity contribution in [1.82, 2.24) is 5.32 Å². The van der Waals surface area contributed by atoms with Gasteiger partial charge in [-0.05, 0) is 49.6 Å². The molecule has 0 aromatic heterocycles. The summed E-state index contributed by atoms with van der Waals surface area (Å²) in [7, 11) is 0. The first-order chi connectivity index (χ1) is 10.4. The Kier molecular flexibility index (Phi) is 4.86. The minimum Gasteiger partial charge on any atom is -0.444 e. The lowest BCUT2D eigenvalue weighted by Gasteiger charge is -2.19. The van der Waals surface area contributed by atoms with Crippen LogP contribution in [0.3, 0.4) is 0 Å². The average Bonchev–Trinajstić information content (AvgIpc) is 2.44. The highest BCUT2D eigenvalue weighted by Crippen LogP contribution is 2.23. The van der Waals surface area contributed by atoms with Gasteiger partial charge in [0.1, 0.15) is 5.60 Å². The Morgan fingerprint density at radius 2 is 1.82 bits per heavy atom. The zero-order valence-electron chi connectivity index (χ0n) is 13.6. The van der Waals surface area contributed by atoms with Crippen LogP contribution in [-0.4, -0.2) is 18.2 Å². The Hall–Kier alpha value is -2.29. The molecule has 0 radical (unpaired) electrons. The van der Waals surface area contributed by atoms with Gasteiger partial charge in [-0.15, -0.1) is 0 Å². The molecule has 0 bridgehead atoms. The summed E-state index contributed by atoms with van der Waals surface area (Å²) < 4.78 is 5.19. The first-order valence-electron chi connectivity index (χ1n) is 7.48. The van der Waals surface area contributed by atoms with Gasteiger partial charge in [0.25, 0.3) is 0 Å². The fourth-order valence-electron chi connectivity index (χ4n) is 2.26. The molecule has 0 atom stereocenters. The van der Waals surface area contributed by atoms with Crippen molar-refractivity contribution in [3.8, 4) is 0 Å². The van der Waals surface area contributed by atoms with Gasteiger partial charge in [0, 0.05) is 6.54 Å². The topological polar surface area (TPSA) is 38.3 Å². The molecule has 22 heavy (non-hydrogen) atoms. The summed E-state index contributed by atoms with van der Waals surface area (Å²) in [6.07, 6.45) is 3.56. The standard InChI is InChI=1S/C19H23NO2/c1-14-11-12-15(17-10-6-5-9-16(14)17)8-7-13-20-18(21)22-19(2,3)4/h5-12H,13H2,1-4H3,(H,20,21). The fraction of sp³-hybridized carbons (Fsp3) is 0.316. The second-order valence-electron chi connectivity index (χ2n) is 6.30. The molecule has 0 aliphatic heterocycles. The fourth-order valence-corrected chi connectivity index (χ4v) is 2.26. The molecule has 2 aromatic carbocycles. The quantitative estimate of drug-likeness (QED) is 0.892.